The topological polar surface area (TPSA) is 31.7 Å². The average molecular weight is 423 g/mol. The zero-order valence-corrected chi connectivity index (χ0v) is 19.1. The number of para-hydroxylation sites is 1. The van der Waals surface area contributed by atoms with Crippen LogP contribution < -0.4 is 0 Å². The number of aromatic nitrogens is 1. The van der Waals surface area contributed by atoms with Crippen LogP contribution in [0.1, 0.15) is 50.5 Å². The van der Waals surface area contributed by atoms with Crippen LogP contribution in [0.5, 0.6) is 0 Å². The molecule has 1 saturated carbocycles. The minimum Gasteiger partial charge on any atom is -0.350 e. The maximum absolute atomic E-state index is 13.4. The van der Waals surface area contributed by atoms with Gasteiger partial charge in [0.2, 0.25) is 5.91 Å². The van der Waals surface area contributed by atoms with E-state index >= 15 is 0 Å². The van der Waals surface area contributed by atoms with Gasteiger partial charge in [-0.15, -0.1) is 0 Å². The summed E-state index contributed by atoms with van der Waals surface area (Å²) in [5, 5.41) is 1.36. The molecule has 0 radical (unpaired) electrons. The molecule has 1 aliphatic carbocycles. The van der Waals surface area contributed by atoms with Crippen LogP contribution >= 0.6 is 0 Å². The summed E-state index contributed by atoms with van der Waals surface area (Å²) < 4.78 is 2.24. The second-order valence-corrected chi connectivity index (χ2v) is 10.0. The summed E-state index contributed by atoms with van der Waals surface area (Å²) in [4.78, 5) is 20.8. The summed E-state index contributed by atoms with van der Waals surface area (Å²) in [6.07, 6.45) is 10.7. The summed E-state index contributed by atoms with van der Waals surface area (Å²) >= 11 is 0. The molecule has 1 unspecified atom stereocenters. The Bertz CT molecular complexity index is 896. The number of hydrogen-bond donors (Lipinski definition) is 0. The third kappa shape index (κ3) is 4.54. The molecule has 0 spiro atoms. The number of carbonyl (C=O) groups excluding carboxylic acids is 1. The van der Waals surface area contributed by atoms with Crippen LogP contribution in [0.3, 0.4) is 0 Å². The first-order valence-electron chi connectivity index (χ1n) is 12.5. The van der Waals surface area contributed by atoms with E-state index in [1.807, 2.05) is 0 Å². The third-order valence-electron chi connectivity index (χ3n) is 7.89. The zero-order valence-electron chi connectivity index (χ0n) is 19.1. The van der Waals surface area contributed by atoms with Crippen molar-refractivity contribution in [2.75, 3.05) is 39.3 Å². The Morgan fingerprint density at radius 1 is 1.00 bits per heavy atom. The zero-order chi connectivity index (χ0) is 21.2. The van der Waals surface area contributed by atoms with Crippen molar-refractivity contribution >= 4 is 16.8 Å². The maximum atomic E-state index is 13.4. The molecule has 5 nitrogen and oxygen atoms in total. The normalized spacial score (nSPS) is 23.3. The number of amides is 1. The van der Waals surface area contributed by atoms with Crippen LogP contribution in [0.25, 0.3) is 10.9 Å². The van der Waals surface area contributed by atoms with Gasteiger partial charge in [-0.2, -0.15) is 0 Å². The SMILES string of the molecule is Cn1cc(CN2CCCC(N(CCN3CCCC3)C(=O)C3CCC3)C2)c2ccccc21. The molecular weight excluding hydrogens is 384 g/mol. The summed E-state index contributed by atoms with van der Waals surface area (Å²) in [5.74, 6) is 0.745. The summed E-state index contributed by atoms with van der Waals surface area (Å²) in [6.45, 7) is 7.53. The van der Waals surface area contributed by atoms with Crippen molar-refractivity contribution in [1.29, 1.82) is 0 Å². The van der Waals surface area contributed by atoms with E-state index in [4.69, 9.17) is 0 Å². The Morgan fingerprint density at radius 3 is 2.55 bits per heavy atom. The molecule has 2 saturated heterocycles. The molecule has 2 aromatic rings. The van der Waals surface area contributed by atoms with Crippen molar-refractivity contribution in [3.05, 3.63) is 36.0 Å². The summed E-state index contributed by atoms with van der Waals surface area (Å²) in [6, 6.07) is 9.08. The van der Waals surface area contributed by atoms with Crippen LogP contribution in [0.2, 0.25) is 0 Å². The van der Waals surface area contributed by atoms with Crippen LogP contribution in [0, 0.1) is 5.92 Å². The highest BCUT2D eigenvalue weighted by Gasteiger charge is 2.35. The lowest BCUT2D eigenvalue weighted by molar-refractivity contribution is -0.142. The minimum absolute atomic E-state index is 0.298. The molecule has 3 fully saturated rings. The number of hydrogen-bond acceptors (Lipinski definition) is 3. The first-order valence-corrected chi connectivity index (χ1v) is 12.5. The second-order valence-electron chi connectivity index (χ2n) is 10.0. The molecule has 5 heteroatoms. The van der Waals surface area contributed by atoms with Gasteiger partial charge in [0.05, 0.1) is 0 Å². The van der Waals surface area contributed by atoms with E-state index in [1.165, 1.54) is 55.2 Å². The van der Waals surface area contributed by atoms with Crippen molar-refractivity contribution in [2.45, 2.75) is 57.5 Å². The van der Waals surface area contributed by atoms with Crippen molar-refractivity contribution in [3.63, 3.8) is 0 Å². The highest BCUT2D eigenvalue weighted by molar-refractivity contribution is 5.83. The number of fused-ring (bicyclic) bond motifs is 1. The number of benzene rings is 1. The summed E-state index contributed by atoms with van der Waals surface area (Å²) in [5.41, 5.74) is 2.71. The lowest BCUT2D eigenvalue weighted by atomic mass is 9.83. The number of likely N-dealkylation sites (tertiary alicyclic amines) is 2. The minimum atomic E-state index is 0.298. The van der Waals surface area contributed by atoms with Gasteiger partial charge in [-0.3, -0.25) is 9.69 Å². The van der Waals surface area contributed by atoms with Gasteiger partial charge in [-0.1, -0.05) is 24.6 Å². The molecular formula is C26H38N4O. The molecule has 5 rings (SSSR count). The number of carbonyl (C=O) groups is 1. The van der Waals surface area contributed by atoms with E-state index in [9.17, 15) is 4.79 Å². The standard InChI is InChI=1S/C26H38N4O/c1-27-18-22(24-11-2-3-12-25(24)27)19-29-15-7-10-23(20-29)30(26(31)21-8-6-9-21)17-16-28-13-4-5-14-28/h2-3,11-12,18,21,23H,4-10,13-17,19-20H2,1H3. The molecule has 1 aromatic heterocycles. The number of piperidine rings is 1. The fourth-order valence-corrected chi connectivity index (χ4v) is 5.84. The van der Waals surface area contributed by atoms with Crippen molar-refractivity contribution in [3.8, 4) is 0 Å². The molecule has 2 aliphatic heterocycles. The van der Waals surface area contributed by atoms with Gasteiger partial charge in [-0.05, 0) is 69.8 Å². The van der Waals surface area contributed by atoms with E-state index in [0.717, 1.165) is 52.0 Å². The molecule has 1 atom stereocenters. The lowest BCUT2D eigenvalue weighted by Gasteiger charge is -2.42. The number of aryl methyl sites for hydroxylation is 1. The number of nitrogens with zero attached hydrogens (tertiary/aromatic N) is 4. The van der Waals surface area contributed by atoms with Gasteiger partial charge in [-0.25, -0.2) is 0 Å². The van der Waals surface area contributed by atoms with E-state index in [1.54, 1.807) is 0 Å². The van der Waals surface area contributed by atoms with Crippen LogP contribution in [0.4, 0.5) is 0 Å². The lowest BCUT2D eigenvalue weighted by Crippen LogP contribution is -2.54. The van der Waals surface area contributed by atoms with Gasteiger partial charge >= 0.3 is 0 Å². The molecule has 0 bridgehead atoms. The predicted octanol–water partition coefficient (Wildman–Crippen LogP) is 3.87. The van der Waals surface area contributed by atoms with Crippen LogP contribution in [0.15, 0.2) is 30.5 Å². The fraction of sp³-hybridized carbons (Fsp3) is 0.654. The Labute approximate surface area is 187 Å². The quantitative estimate of drug-likeness (QED) is 0.679. The Morgan fingerprint density at radius 2 is 1.77 bits per heavy atom. The number of rotatable bonds is 7. The van der Waals surface area contributed by atoms with E-state index < -0.39 is 0 Å². The second kappa shape index (κ2) is 9.33. The van der Waals surface area contributed by atoms with Crippen LogP contribution in [-0.4, -0.2) is 70.5 Å². The Hall–Kier alpha value is -1.85. The average Bonchev–Trinajstić information content (AvgIpc) is 3.36. The van der Waals surface area contributed by atoms with Gasteiger partial charge in [0.1, 0.15) is 0 Å². The highest BCUT2D eigenvalue weighted by atomic mass is 16.2. The van der Waals surface area contributed by atoms with Gasteiger partial charge in [0, 0.05) is 62.3 Å². The smallest absolute Gasteiger partial charge is 0.226 e. The molecule has 3 heterocycles. The van der Waals surface area contributed by atoms with Gasteiger partial charge < -0.3 is 14.4 Å². The molecule has 0 N–H and O–H groups in total. The van der Waals surface area contributed by atoms with E-state index in [0.29, 0.717) is 17.9 Å². The van der Waals surface area contributed by atoms with Crippen LogP contribution in [-0.2, 0) is 18.4 Å². The molecule has 31 heavy (non-hydrogen) atoms. The Balaban J connectivity index is 1.28. The van der Waals surface area contributed by atoms with Crippen molar-refractivity contribution < 1.29 is 4.79 Å². The first-order chi connectivity index (χ1) is 15.2. The third-order valence-corrected chi connectivity index (χ3v) is 7.89. The molecule has 1 amide bonds. The molecule has 168 valence electrons. The van der Waals surface area contributed by atoms with Gasteiger partial charge in [0.15, 0.2) is 0 Å². The largest absolute Gasteiger partial charge is 0.350 e. The van der Waals surface area contributed by atoms with E-state index in [2.05, 4.69) is 56.8 Å². The fourth-order valence-electron chi connectivity index (χ4n) is 5.84. The van der Waals surface area contributed by atoms with E-state index in [-0.39, 0.29) is 0 Å². The first kappa shape index (κ1) is 21.0. The highest BCUT2D eigenvalue weighted by Crippen LogP contribution is 2.31. The monoisotopic (exact) mass is 422 g/mol. The Kier molecular flexibility index (Phi) is 6.33. The van der Waals surface area contributed by atoms with Gasteiger partial charge in [0.25, 0.3) is 0 Å². The molecule has 3 aliphatic rings. The maximum Gasteiger partial charge on any atom is 0.226 e. The predicted molar refractivity (Wildman–Crippen MR) is 126 cm³/mol. The summed E-state index contributed by atoms with van der Waals surface area (Å²) in [7, 11) is 2.14. The molecule has 1 aromatic carbocycles. The van der Waals surface area contributed by atoms with Crippen molar-refractivity contribution in [1.82, 2.24) is 19.3 Å². The van der Waals surface area contributed by atoms with Crippen molar-refractivity contribution in [2.24, 2.45) is 13.0 Å².